The zero-order valence-electron chi connectivity index (χ0n) is 9.61. The third kappa shape index (κ3) is 3.78. The largest absolute Gasteiger partial charge is 0.356 e. The predicted molar refractivity (Wildman–Crippen MR) is 75.4 cm³/mol. The van der Waals surface area contributed by atoms with Crippen LogP contribution in [0.1, 0.15) is 24.7 Å². The van der Waals surface area contributed by atoms with E-state index in [2.05, 4.69) is 49.7 Å². The highest BCUT2D eigenvalue weighted by Gasteiger charge is 2.02. The first kappa shape index (κ1) is 12.5. The average Bonchev–Trinajstić information content (AvgIpc) is 2.75. The molecule has 0 bridgehead atoms. The molecule has 1 aromatic heterocycles. The minimum atomic E-state index is 0.778. The second kappa shape index (κ2) is 6.12. The Kier molecular flexibility index (Phi) is 4.50. The van der Waals surface area contributed by atoms with Gasteiger partial charge in [0, 0.05) is 29.0 Å². The maximum absolute atomic E-state index is 4.42. The van der Waals surface area contributed by atoms with Gasteiger partial charge >= 0.3 is 0 Å². The van der Waals surface area contributed by atoms with Crippen LogP contribution in [0.15, 0.2) is 28.7 Å². The van der Waals surface area contributed by atoms with Gasteiger partial charge in [-0.15, -0.1) is 0 Å². The molecule has 2 aromatic rings. The average molecular weight is 312 g/mol. The first-order chi connectivity index (χ1) is 8.28. The van der Waals surface area contributed by atoms with E-state index in [9.17, 15) is 0 Å². The molecule has 0 radical (unpaired) electrons. The number of benzene rings is 1. The highest BCUT2D eigenvalue weighted by molar-refractivity contribution is 9.10. The normalized spacial score (nSPS) is 10.5. The van der Waals surface area contributed by atoms with E-state index in [0.29, 0.717) is 0 Å². The molecule has 0 aliphatic rings. The maximum atomic E-state index is 4.42. The van der Waals surface area contributed by atoms with Crippen molar-refractivity contribution < 1.29 is 0 Å². The monoisotopic (exact) mass is 311 g/mol. The van der Waals surface area contributed by atoms with E-state index in [-0.39, 0.29) is 0 Å². The van der Waals surface area contributed by atoms with E-state index in [1.807, 2.05) is 12.1 Å². The standard InChI is InChI=1S/C12H14BrN3S/c1-2-4-11-15-12(17-16-11)14-8-9-5-3-6-10(13)7-9/h3,5-7H,2,4,8H2,1H3,(H,14,15,16). The molecular weight excluding hydrogens is 298 g/mol. The van der Waals surface area contributed by atoms with Gasteiger partial charge in [-0.05, 0) is 24.1 Å². The summed E-state index contributed by atoms with van der Waals surface area (Å²) >= 11 is 4.89. The van der Waals surface area contributed by atoms with Crippen LogP contribution in [-0.4, -0.2) is 9.36 Å². The lowest BCUT2D eigenvalue weighted by atomic mass is 10.2. The van der Waals surface area contributed by atoms with Crippen LogP contribution in [0.5, 0.6) is 0 Å². The van der Waals surface area contributed by atoms with Gasteiger partial charge < -0.3 is 5.32 Å². The van der Waals surface area contributed by atoms with Gasteiger partial charge in [0.2, 0.25) is 5.13 Å². The number of rotatable bonds is 5. The smallest absolute Gasteiger partial charge is 0.202 e. The summed E-state index contributed by atoms with van der Waals surface area (Å²) in [5.41, 5.74) is 1.23. The number of aryl methyl sites for hydroxylation is 1. The van der Waals surface area contributed by atoms with Crippen molar-refractivity contribution in [2.45, 2.75) is 26.3 Å². The molecule has 0 saturated heterocycles. The fourth-order valence-electron chi connectivity index (χ4n) is 1.48. The summed E-state index contributed by atoms with van der Waals surface area (Å²) in [5.74, 6) is 0.939. The topological polar surface area (TPSA) is 37.8 Å². The van der Waals surface area contributed by atoms with Crippen LogP contribution in [-0.2, 0) is 13.0 Å². The van der Waals surface area contributed by atoms with Crippen molar-refractivity contribution in [3.63, 3.8) is 0 Å². The molecule has 0 aliphatic heterocycles. The zero-order valence-corrected chi connectivity index (χ0v) is 12.0. The Morgan fingerprint density at radius 3 is 3.06 bits per heavy atom. The Balaban J connectivity index is 1.93. The lowest BCUT2D eigenvalue weighted by Crippen LogP contribution is -1.99. The van der Waals surface area contributed by atoms with Gasteiger partial charge in [0.25, 0.3) is 0 Å². The molecule has 1 aromatic carbocycles. The Labute approximate surface area is 114 Å². The van der Waals surface area contributed by atoms with Gasteiger partial charge in [0.05, 0.1) is 0 Å². The second-order valence-corrected chi connectivity index (χ2v) is 5.42. The summed E-state index contributed by atoms with van der Waals surface area (Å²) in [6.07, 6.45) is 2.04. The van der Waals surface area contributed by atoms with Gasteiger partial charge in [-0.3, -0.25) is 0 Å². The van der Waals surface area contributed by atoms with Gasteiger partial charge in [-0.2, -0.15) is 4.37 Å². The van der Waals surface area contributed by atoms with E-state index >= 15 is 0 Å². The fourth-order valence-corrected chi connectivity index (χ4v) is 2.53. The highest BCUT2D eigenvalue weighted by Crippen LogP contribution is 2.15. The van der Waals surface area contributed by atoms with E-state index in [4.69, 9.17) is 0 Å². The van der Waals surface area contributed by atoms with Gasteiger partial charge in [-0.1, -0.05) is 35.0 Å². The summed E-state index contributed by atoms with van der Waals surface area (Å²) in [6.45, 7) is 2.91. The minimum absolute atomic E-state index is 0.778. The molecule has 0 unspecified atom stereocenters. The van der Waals surface area contributed by atoms with Crippen molar-refractivity contribution in [3.05, 3.63) is 40.1 Å². The summed E-state index contributed by atoms with van der Waals surface area (Å²) < 4.78 is 5.39. The SMILES string of the molecule is CCCc1nsc(NCc2cccc(Br)c2)n1. The summed E-state index contributed by atoms with van der Waals surface area (Å²) in [6, 6.07) is 8.24. The van der Waals surface area contributed by atoms with Crippen molar-refractivity contribution in [2.75, 3.05) is 5.32 Å². The molecule has 0 spiro atoms. The number of hydrogen-bond donors (Lipinski definition) is 1. The molecule has 0 saturated carbocycles. The van der Waals surface area contributed by atoms with Gasteiger partial charge in [-0.25, -0.2) is 4.98 Å². The number of hydrogen-bond acceptors (Lipinski definition) is 4. The van der Waals surface area contributed by atoms with E-state index < -0.39 is 0 Å². The van der Waals surface area contributed by atoms with Crippen LogP contribution >= 0.6 is 27.5 Å². The number of anilines is 1. The van der Waals surface area contributed by atoms with Crippen LogP contribution in [0.2, 0.25) is 0 Å². The minimum Gasteiger partial charge on any atom is -0.356 e. The quantitative estimate of drug-likeness (QED) is 0.911. The van der Waals surface area contributed by atoms with Crippen LogP contribution in [0.4, 0.5) is 5.13 Å². The Hall–Kier alpha value is -0.940. The molecule has 0 fully saturated rings. The number of aromatic nitrogens is 2. The van der Waals surface area contributed by atoms with Crippen molar-refractivity contribution in [1.29, 1.82) is 0 Å². The number of nitrogens with one attached hydrogen (secondary N) is 1. The molecule has 3 nitrogen and oxygen atoms in total. The van der Waals surface area contributed by atoms with Gasteiger partial charge in [0.1, 0.15) is 5.82 Å². The summed E-state index contributed by atoms with van der Waals surface area (Å²) in [4.78, 5) is 4.42. The fraction of sp³-hybridized carbons (Fsp3) is 0.333. The first-order valence-electron chi connectivity index (χ1n) is 5.59. The first-order valence-corrected chi connectivity index (χ1v) is 7.15. The molecule has 1 heterocycles. The summed E-state index contributed by atoms with van der Waals surface area (Å²) in [5, 5.41) is 4.19. The van der Waals surface area contributed by atoms with E-state index in [1.165, 1.54) is 17.1 Å². The van der Waals surface area contributed by atoms with Crippen LogP contribution < -0.4 is 5.32 Å². The third-order valence-electron chi connectivity index (χ3n) is 2.27. The molecule has 0 amide bonds. The van der Waals surface area contributed by atoms with Crippen LogP contribution in [0.3, 0.4) is 0 Å². The lowest BCUT2D eigenvalue weighted by molar-refractivity contribution is 0.861. The van der Waals surface area contributed by atoms with E-state index in [1.54, 1.807) is 0 Å². The molecule has 0 aliphatic carbocycles. The Bertz CT molecular complexity index is 484. The second-order valence-electron chi connectivity index (χ2n) is 3.75. The zero-order chi connectivity index (χ0) is 12.1. The third-order valence-corrected chi connectivity index (χ3v) is 3.48. The van der Waals surface area contributed by atoms with Crippen molar-refractivity contribution in [2.24, 2.45) is 0 Å². The van der Waals surface area contributed by atoms with E-state index in [0.717, 1.165) is 34.8 Å². The number of halogens is 1. The number of nitrogens with zero attached hydrogens (tertiary/aromatic N) is 2. The molecule has 2 rings (SSSR count). The highest BCUT2D eigenvalue weighted by atomic mass is 79.9. The molecule has 17 heavy (non-hydrogen) atoms. The lowest BCUT2D eigenvalue weighted by Gasteiger charge is -2.02. The van der Waals surface area contributed by atoms with Crippen molar-refractivity contribution in [3.8, 4) is 0 Å². The molecule has 0 atom stereocenters. The predicted octanol–water partition coefficient (Wildman–Crippen LogP) is 3.87. The van der Waals surface area contributed by atoms with Crippen LogP contribution in [0.25, 0.3) is 0 Å². The molecule has 90 valence electrons. The Morgan fingerprint density at radius 2 is 2.29 bits per heavy atom. The molecule has 1 N–H and O–H groups in total. The Morgan fingerprint density at radius 1 is 1.41 bits per heavy atom. The van der Waals surface area contributed by atoms with Crippen molar-refractivity contribution in [1.82, 2.24) is 9.36 Å². The summed E-state index contributed by atoms with van der Waals surface area (Å²) in [7, 11) is 0. The maximum Gasteiger partial charge on any atom is 0.202 e. The van der Waals surface area contributed by atoms with Crippen molar-refractivity contribution >= 4 is 32.6 Å². The van der Waals surface area contributed by atoms with Gasteiger partial charge in [0.15, 0.2) is 0 Å². The van der Waals surface area contributed by atoms with Crippen LogP contribution in [0, 0.1) is 0 Å². The molecular formula is C12H14BrN3S. The molecule has 5 heteroatoms.